The highest BCUT2D eigenvalue weighted by atomic mass is 35.5. The van der Waals surface area contributed by atoms with Gasteiger partial charge in [0, 0.05) is 12.6 Å². The van der Waals surface area contributed by atoms with Crippen LogP contribution in [0.1, 0.15) is 11.4 Å². The van der Waals surface area contributed by atoms with Crippen LogP contribution in [0.15, 0.2) is 17.0 Å². The second kappa shape index (κ2) is 5.58. The Bertz CT molecular complexity index is 769. The number of benzene rings is 1. The summed E-state index contributed by atoms with van der Waals surface area (Å²) in [6.07, 6.45) is 0. The van der Waals surface area contributed by atoms with Crippen LogP contribution < -0.4 is 10.5 Å². The van der Waals surface area contributed by atoms with E-state index in [1.165, 1.54) is 6.92 Å². The summed E-state index contributed by atoms with van der Waals surface area (Å²) in [6.45, 7) is 1.35. The molecule has 0 radical (unpaired) electrons. The molecular weight excluding hydrogens is 326 g/mol. The maximum Gasteiger partial charge on any atom is 0.265 e. The van der Waals surface area contributed by atoms with Gasteiger partial charge in [-0.2, -0.15) is 5.10 Å². The molecule has 0 aliphatic heterocycles. The number of hydrogen-bond donors (Lipinski definition) is 3. The first kappa shape index (κ1) is 15.7. The van der Waals surface area contributed by atoms with Crippen LogP contribution in [0.2, 0.25) is 5.02 Å². The molecule has 1 aromatic heterocycles. The Kier molecular flexibility index (Phi) is 4.17. The SMILES string of the molecule is Cc1[nH]nc(CN)c1S(=O)(=O)Nc1c(F)cc(F)cc1Cl. The number of anilines is 1. The summed E-state index contributed by atoms with van der Waals surface area (Å²) in [7, 11) is -4.17. The molecule has 0 amide bonds. The van der Waals surface area contributed by atoms with Crippen LogP contribution in [0, 0.1) is 18.6 Å². The number of nitrogens with two attached hydrogens (primary N) is 1. The number of H-pyrrole nitrogens is 1. The number of aryl methyl sites for hydroxylation is 1. The largest absolute Gasteiger partial charge is 0.325 e. The molecule has 1 heterocycles. The lowest BCUT2D eigenvalue weighted by atomic mass is 10.3. The van der Waals surface area contributed by atoms with Crippen LogP contribution in [0.5, 0.6) is 0 Å². The topological polar surface area (TPSA) is 101 Å². The zero-order valence-corrected chi connectivity index (χ0v) is 12.3. The van der Waals surface area contributed by atoms with E-state index in [1.807, 2.05) is 4.72 Å². The number of aromatic nitrogens is 2. The van der Waals surface area contributed by atoms with Crippen LogP contribution >= 0.6 is 11.6 Å². The Morgan fingerprint density at radius 1 is 1.43 bits per heavy atom. The first-order chi connectivity index (χ1) is 9.76. The van der Waals surface area contributed by atoms with Gasteiger partial charge in [-0.1, -0.05) is 11.6 Å². The van der Waals surface area contributed by atoms with Gasteiger partial charge in [0.15, 0.2) is 5.82 Å². The van der Waals surface area contributed by atoms with E-state index in [2.05, 4.69) is 10.2 Å². The van der Waals surface area contributed by atoms with Crippen molar-refractivity contribution in [3.63, 3.8) is 0 Å². The van der Waals surface area contributed by atoms with Crippen molar-refractivity contribution in [3.05, 3.63) is 40.2 Å². The molecule has 10 heteroatoms. The van der Waals surface area contributed by atoms with Gasteiger partial charge in [0.25, 0.3) is 10.0 Å². The number of aromatic amines is 1. The molecule has 4 N–H and O–H groups in total. The molecule has 0 atom stereocenters. The van der Waals surface area contributed by atoms with E-state index < -0.39 is 32.4 Å². The molecule has 0 unspecified atom stereocenters. The van der Waals surface area contributed by atoms with E-state index in [0.717, 1.165) is 6.07 Å². The minimum absolute atomic E-state index is 0.0960. The lowest BCUT2D eigenvalue weighted by Crippen LogP contribution is -2.17. The van der Waals surface area contributed by atoms with Crippen molar-refractivity contribution in [2.45, 2.75) is 18.4 Å². The standard InChI is InChI=1S/C11H11ClF2N4O2S/c1-5-11(9(4-15)17-16-5)21(19,20)18-10-7(12)2-6(13)3-8(10)14/h2-3,18H,4,15H2,1H3,(H,16,17). The van der Waals surface area contributed by atoms with Crippen molar-refractivity contribution in [3.8, 4) is 0 Å². The van der Waals surface area contributed by atoms with Gasteiger partial charge in [0.05, 0.1) is 16.4 Å². The van der Waals surface area contributed by atoms with E-state index in [1.54, 1.807) is 0 Å². The van der Waals surface area contributed by atoms with Gasteiger partial charge in [-0.15, -0.1) is 0 Å². The van der Waals surface area contributed by atoms with Crippen molar-refractivity contribution in [1.82, 2.24) is 10.2 Å². The van der Waals surface area contributed by atoms with Crippen LogP contribution in [-0.2, 0) is 16.6 Å². The summed E-state index contributed by atoms with van der Waals surface area (Å²) in [5, 5.41) is 5.83. The van der Waals surface area contributed by atoms with Gasteiger partial charge in [0.2, 0.25) is 0 Å². The van der Waals surface area contributed by atoms with E-state index in [9.17, 15) is 17.2 Å². The first-order valence-electron chi connectivity index (χ1n) is 5.67. The van der Waals surface area contributed by atoms with E-state index in [0.29, 0.717) is 6.07 Å². The lowest BCUT2D eigenvalue weighted by Gasteiger charge is -2.11. The molecule has 2 aromatic rings. The van der Waals surface area contributed by atoms with Crippen molar-refractivity contribution >= 4 is 27.3 Å². The van der Waals surface area contributed by atoms with E-state index >= 15 is 0 Å². The van der Waals surface area contributed by atoms with Crippen molar-refractivity contribution in [2.75, 3.05) is 4.72 Å². The van der Waals surface area contributed by atoms with Gasteiger partial charge in [0.1, 0.15) is 16.4 Å². The normalized spacial score (nSPS) is 11.7. The summed E-state index contributed by atoms with van der Waals surface area (Å²) < 4.78 is 53.2. The highest BCUT2D eigenvalue weighted by Gasteiger charge is 2.26. The molecule has 0 aliphatic rings. The Hall–Kier alpha value is -1.71. The maximum atomic E-state index is 13.7. The molecule has 21 heavy (non-hydrogen) atoms. The molecule has 0 spiro atoms. The molecule has 0 bridgehead atoms. The number of sulfonamides is 1. The van der Waals surface area contributed by atoms with Crippen molar-refractivity contribution in [2.24, 2.45) is 5.73 Å². The molecule has 1 aromatic carbocycles. The summed E-state index contributed by atoms with van der Waals surface area (Å²) in [5.41, 5.74) is 5.20. The molecule has 114 valence electrons. The monoisotopic (exact) mass is 336 g/mol. The minimum Gasteiger partial charge on any atom is -0.325 e. The van der Waals surface area contributed by atoms with E-state index in [-0.39, 0.29) is 22.8 Å². The number of nitrogens with zero attached hydrogens (tertiary/aromatic N) is 1. The average Bonchev–Trinajstić information content (AvgIpc) is 2.76. The van der Waals surface area contributed by atoms with Gasteiger partial charge < -0.3 is 5.73 Å². The van der Waals surface area contributed by atoms with Crippen LogP contribution in [0.4, 0.5) is 14.5 Å². The number of halogens is 3. The molecule has 6 nitrogen and oxygen atoms in total. The molecular formula is C11H11ClF2N4O2S. The van der Waals surface area contributed by atoms with Crippen molar-refractivity contribution in [1.29, 1.82) is 0 Å². The fourth-order valence-corrected chi connectivity index (χ4v) is 3.55. The van der Waals surface area contributed by atoms with Crippen molar-refractivity contribution < 1.29 is 17.2 Å². The third-order valence-corrected chi connectivity index (χ3v) is 4.52. The number of rotatable bonds is 4. The summed E-state index contributed by atoms with van der Waals surface area (Å²) in [4.78, 5) is -0.190. The van der Waals surface area contributed by atoms with Gasteiger partial charge in [-0.3, -0.25) is 9.82 Å². The summed E-state index contributed by atoms with van der Waals surface area (Å²) in [6, 6.07) is 1.32. The van der Waals surface area contributed by atoms with Crippen LogP contribution in [0.3, 0.4) is 0 Å². The molecule has 2 rings (SSSR count). The number of hydrogen-bond acceptors (Lipinski definition) is 4. The van der Waals surface area contributed by atoms with Gasteiger partial charge in [-0.05, 0) is 13.0 Å². The van der Waals surface area contributed by atoms with Gasteiger partial charge >= 0.3 is 0 Å². The second-order valence-electron chi connectivity index (χ2n) is 4.18. The third-order valence-electron chi connectivity index (χ3n) is 2.67. The fraction of sp³-hybridized carbons (Fsp3) is 0.182. The lowest BCUT2D eigenvalue weighted by molar-refractivity contribution is 0.582. The Labute approximate surface area is 124 Å². The maximum absolute atomic E-state index is 13.7. The highest BCUT2D eigenvalue weighted by Crippen LogP contribution is 2.29. The molecule has 0 saturated carbocycles. The Balaban J connectivity index is 2.50. The third kappa shape index (κ3) is 2.99. The zero-order chi connectivity index (χ0) is 15.8. The summed E-state index contributed by atoms with van der Waals surface area (Å²) in [5.74, 6) is -2.04. The average molecular weight is 337 g/mol. The highest BCUT2D eigenvalue weighted by molar-refractivity contribution is 7.92. The predicted molar refractivity (Wildman–Crippen MR) is 73.4 cm³/mol. The number of nitrogens with one attached hydrogen (secondary N) is 2. The van der Waals surface area contributed by atoms with Crippen LogP contribution in [-0.4, -0.2) is 18.6 Å². The minimum atomic E-state index is -4.17. The molecule has 0 saturated heterocycles. The quantitative estimate of drug-likeness (QED) is 0.793. The van der Waals surface area contributed by atoms with Gasteiger partial charge in [-0.25, -0.2) is 17.2 Å². The molecule has 0 aliphatic carbocycles. The molecule has 0 fully saturated rings. The zero-order valence-electron chi connectivity index (χ0n) is 10.7. The smallest absolute Gasteiger partial charge is 0.265 e. The predicted octanol–water partition coefficient (Wildman–Crippen LogP) is 1.91. The Morgan fingerprint density at radius 2 is 2.10 bits per heavy atom. The second-order valence-corrected chi connectivity index (χ2v) is 6.20. The Morgan fingerprint density at radius 3 is 2.67 bits per heavy atom. The van der Waals surface area contributed by atoms with E-state index in [4.69, 9.17) is 17.3 Å². The summed E-state index contributed by atoms with van der Waals surface area (Å²) >= 11 is 5.66. The fourth-order valence-electron chi connectivity index (χ4n) is 1.79. The van der Waals surface area contributed by atoms with Crippen LogP contribution in [0.25, 0.3) is 0 Å². The first-order valence-corrected chi connectivity index (χ1v) is 7.53.